The molecule has 0 aromatic heterocycles. The van der Waals surface area contributed by atoms with Crippen LogP contribution in [0.4, 0.5) is 26.3 Å². The SMILES string of the molecule is CCC(=O)NCCCC(N)(C(=O)CPP)C(F)F.CCC=NCCCC(N)(C(=O)CPP)C(F)F.NCCCC(N)(C(=O)CPP)C(F)F. The number of carbonyl (C=O) groups excluding carboxylic acids is 4. The van der Waals surface area contributed by atoms with Gasteiger partial charge in [0.05, 0.1) is 0 Å². The number of aliphatic imine (C=N–C) groups is 1. The van der Waals surface area contributed by atoms with Gasteiger partial charge in [0.15, 0.2) is 17.3 Å². The molecule has 0 aromatic rings. The molecule has 0 saturated heterocycles. The molecule has 0 heterocycles. The van der Waals surface area contributed by atoms with Crippen LogP contribution in [0.3, 0.4) is 0 Å². The van der Waals surface area contributed by atoms with E-state index in [1.165, 1.54) is 0 Å². The number of Topliss-reactive ketones (excluding diaryl/α,β-unsaturated/α-hetero) is 3. The Morgan fingerprint density at radius 3 is 1.39 bits per heavy atom. The topological polar surface area (TPSA) is 197 Å². The highest BCUT2D eigenvalue weighted by molar-refractivity contribution is 8.03. The molecule has 290 valence electrons. The van der Waals surface area contributed by atoms with E-state index in [0.29, 0.717) is 25.8 Å². The third-order valence-corrected chi connectivity index (χ3v) is 10.3. The highest BCUT2D eigenvalue weighted by atomic mass is 32.0. The van der Waals surface area contributed by atoms with Crippen molar-refractivity contribution in [1.29, 1.82) is 0 Å². The van der Waals surface area contributed by atoms with Crippen LogP contribution < -0.4 is 28.3 Å². The summed E-state index contributed by atoms with van der Waals surface area (Å²) in [5, 5.41) is 2.56. The van der Waals surface area contributed by atoms with E-state index in [0.717, 1.165) is 6.42 Å². The zero-order chi connectivity index (χ0) is 38.7. The fourth-order valence-electron chi connectivity index (χ4n) is 3.69. The molecule has 0 radical (unpaired) electrons. The lowest BCUT2D eigenvalue weighted by molar-refractivity contribution is -0.128. The van der Waals surface area contributed by atoms with Gasteiger partial charge in [0.1, 0.15) is 16.6 Å². The molecule has 0 bridgehead atoms. The van der Waals surface area contributed by atoms with E-state index in [-0.39, 0.29) is 88.0 Å². The number of carbonyl (C=O) groups is 4. The number of nitrogens with zero attached hydrogens (tertiary/aromatic N) is 1. The van der Waals surface area contributed by atoms with E-state index in [4.69, 9.17) is 22.9 Å². The van der Waals surface area contributed by atoms with E-state index >= 15 is 0 Å². The van der Waals surface area contributed by atoms with Crippen LogP contribution in [-0.2, 0) is 19.2 Å². The van der Waals surface area contributed by atoms with Crippen LogP contribution in [0.25, 0.3) is 0 Å². The molecular weight excluding hydrogens is 772 g/mol. The predicted molar refractivity (Wildman–Crippen MR) is 206 cm³/mol. The van der Waals surface area contributed by atoms with E-state index < -0.39 is 53.2 Å². The lowest BCUT2D eigenvalue weighted by atomic mass is 9.91. The molecule has 22 heteroatoms. The number of hydrogen-bond donors (Lipinski definition) is 5. The summed E-state index contributed by atoms with van der Waals surface area (Å²) in [6, 6.07) is 0. The van der Waals surface area contributed by atoms with Gasteiger partial charge in [-0.3, -0.25) is 24.2 Å². The number of halogens is 6. The molecule has 9 atom stereocenters. The van der Waals surface area contributed by atoms with Crippen molar-refractivity contribution in [1.82, 2.24) is 5.32 Å². The number of hydrogen-bond acceptors (Lipinski definition) is 9. The summed E-state index contributed by atoms with van der Waals surface area (Å²) in [6.07, 6.45) is -4.56. The molecule has 9 N–H and O–H groups in total. The average molecular weight is 829 g/mol. The Labute approximate surface area is 298 Å². The molecule has 0 aromatic carbocycles. The van der Waals surface area contributed by atoms with Gasteiger partial charge in [-0.25, -0.2) is 26.3 Å². The van der Waals surface area contributed by atoms with Gasteiger partial charge >= 0.3 is 0 Å². The van der Waals surface area contributed by atoms with Gasteiger partial charge in [-0.1, -0.05) is 38.7 Å². The second-order valence-corrected chi connectivity index (χ2v) is 16.7. The first kappa shape index (κ1) is 53.5. The maximum Gasteiger partial charge on any atom is 0.263 e. The van der Waals surface area contributed by atoms with Crippen LogP contribution in [0.1, 0.15) is 65.2 Å². The van der Waals surface area contributed by atoms with Crippen LogP contribution in [0.5, 0.6) is 0 Å². The fourth-order valence-corrected chi connectivity index (χ4v) is 6.91. The molecule has 0 aliphatic heterocycles. The number of ketones is 3. The average Bonchev–Trinajstić information content (AvgIpc) is 3.05. The van der Waals surface area contributed by atoms with Crippen molar-refractivity contribution < 1.29 is 45.5 Å². The monoisotopic (exact) mass is 828 g/mol. The van der Waals surface area contributed by atoms with Crippen molar-refractivity contribution in [3.05, 3.63) is 0 Å². The minimum Gasteiger partial charge on any atom is -0.356 e. The first-order chi connectivity index (χ1) is 22.9. The van der Waals surface area contributed by atoms with Gasteiger partial charge in [-0.15, -0.1) is 26.8 Å². The van der Waals surface area contributed by atoms with Crippen molar-refractivity contribution in [2.45, 2.75) is 101 Å². The van der Waals surface area contributed by atoms with Crippen LogP contribution in [-0.4, -0.2) is 103 Å². The van der Waals surface area contributed by atoms with Crippen LogP contribution in [0.15, 0.2) is 4.99 Å². The Bertz CT molecular complexity index is 985. The first-order valence-corrected chi connectivity index (χ1v) is 24.5. The molecule has 1 amide bonds. The van der Waals surface area contributed by atoms with Gasteiger partial charge in [0, 0.05) is 38.0 Å². The van der Waals surface area contributed by atoms with Crippen molar-refractivity contribution in [2.24, 2.45) is 27.9 Å². The standard InChI is InChI=1S/C10H20F2N2O2P2.C10H20F2N2OP2.C7H16F2N2OP2/c1-2-8(16)14-5-3-4-10(13,9(11)12)7(15)6-18-17;1-2-5-14-6-3-4-10(13,9(11)12)8(15)7-17-16;8-6(9)7(11,2-1-3-10)5(12)4-14-13/h9,18H,2-6,13,17H2,1H3,(H,14,16);5,9,17H,2-4,6-7,13,16H2,1H3;6,14H,1-4,10-11,13H2. The van der Waals surface area contributed by atoms with E-state index in [1.54, 1.807) is 13.1 Å². The summed E-state index contributed by atoms with van der Waals surface area (Å²) in [4.78, 5) is 49.5. The molecule has 0 aliphatic carbocycles. The first-order valence-electron chi connectivity index (χ1n) is 15.4. The maximum absolute atomic E-state index is 12.9. The Balaban J connectivity index is -0.000000653. The van der Waals surface area contributed by atoms with E-state index in [2.05, 4.69) is 37.1 Å². The number of alkyl halides is 6. The van der Waals surface area contributed by atoms with Gasteiger partial charge in [-0.05, 0) is 57.7 Å². The van der Waals surface area contributed by atoms with Gasteiger partial charge in [0.25, 0.3) is 19.3 Å². The normalized spacial score (nSPS) is 15.8. The lowest BCUT2D eigenvalue weighted by Gasteiger charge is -2.27. The third kappa shape index (κ3) is 22.1. The summed E-state index contributed by atoms with van der Waals surface area (Å²) >= 11 is 0. The Morgan fingerprint density at radius 1 is 0.714 bits per heavy atom. The highest BCUT2D eigenvalue weighted by Gasteiger charge is 2.43. The molecule has 0 saturated carbocycles. The predicted octanol–water partition coefficient (Wildman–Crippen LogP) is 4.27. The second kappa shape index (κ2) is 30.6. The van der Waals surface area contributed by atoms with Gasteiger partial charge < -0.3 is 28.3 Å². The lowest BCUT2D eigenvalue weighted by Crippen LogP contribution is -2.55. The van der Waals surface area contributed by atoms with Crippen molar-refractivity contribution in [2.75, 3.05) is 38.1 Å². The molecular formula is C27H56F6N6O4P6. The van der Waals surface area contributed by atoms with Crippen molar-refractivity contribution in [3.8, 4) is 0 Å². The minimum absolute atomic E-state index is 0.0142. The zero-order valence-electron chi connectivity index (χ0n) is 28.1. The largest absolute Gasteiger partial charge is 0.356 e. The fraction of sp³-hybridized carbons (Fsp3) is 0.815. The quantitative estimate of drug-likeness (QED) is 0.0390. The van der Waals surface area contributed by atoms with Crippen molar-refractivity contribution in [3.63, 3.8) is 0 Å². The van der Waals surface area contributed by atoms with Crippen LogP contribution in [0.2, 0.25) is 0 Å². The number of amides is 1. The summed E-state index contributed by atoms with van der Waals surface area (Å²) in [7, 11) is 7.71. The van der Waals surface area contributed by atoms with E-state index in [1.807, 2.05) is 6.92 Å². The number of nitrogens with one attached hydrogen (secondary N) is 1. The van der Waals surface area contributed by atoms with Gasteiger partial charge in [-0.2, -0.15) is 0 Å². The molecule has 9 unspecified atom stereocenters. The van der Waals surface area contributed by atoms with E-state index in [9.17, 15) is 45.5 Å². The van der Waals surface area contributed by atoms with Crippen molar-refractivity contribution >= 4 is 81.1 Å². The van der Waals surface area contributed by atoms with Crippen LogP contribution >= 0.6 is 51.6 Å². The molecule has 0 spiro atoms. The minimum atomic E-state index is -2.88. The second-order valence-electron chi connectivity index (χ2n) is 10.7. The summed E-state index contributed by atoms with van der Waals surface area (Å²) < 4.78 is 76.6. The van der Waals surface area contributed by atoms with Crippen LogP contribution in [0, 0.1) is 0 Å². The zero-order valence-corrected chi connectivity index (χ0v) is 34.6. The Hall–Kier alpha value is 0.150. The molecule has 0 fully saturated rings. The molecule has 49 heavy (non-hydrogen) atoms. The summed E-state index contributed by atoms with van der Waals surface area (Å²) in [5.74, 6) is -1.89. The Kier molecular flexibility index (Phi) is 33.4. The Morgan fingerprint density at radius 2 is 1.08 bits per heavy atom. The molecule has 0 aliphatic rings. The number of nitrogens with two attached hydrogens (primary N) is 4. The summed E-state index contributed by atoms with van der Waals surface area (Å²) in [6.45, 7) is 4.61. The number of rotatable bonds is 25. The molecule has 0 rings (SSSR count). The summed E-state index contributed by atoms with van der Waals surface area (Å²) in [5.41, 5.74) is 15.5. The third-order valence-electron chi connectivity index (χ3n) is 6.91. The maximum atomic E-state index is 12.9. The highest BCUT2D eigenvalue weighted by Crippen LogP contribution is 2.29. The van der Waals surface area contributed by atoms with Gasteiger partial charge in [0.2, 0.25) is 5.91 Å². The smallest absolute Gasteiger partial charge is 0.263 e. The molecule has 10 nitrogen and oxygen atoms in total.